The highest BCUT2D eigenvalue weighted by Gasteiger charge is 2.32. The maximum Gasteiger partial charge on any atom is 0.278 e. The van der Waals surface area contributed by atoms with Crippen LogP contribution in [-0.2, 0) is 14.8 Å². The van der Waals surface area contributed by atoms with E-state index in [2.05, 4.69) is 0 Å². The first kappa shape index (κ1) is 22.7. The van der Waals surface area contributed by atoms with Crippen molar-refractivity contribution in [1.82, 2.24) is 0 Å². The molecule has 0 atom stereocenters. The summed E-state index contributed by atoms with van der Waals surface area (Å²) in [6.45, 7) is 3.07. The number of rotatable bonds is 7. The summed E-state index contributed by atoms with van der Waals surface area (Å²) >= 11 is 5.91. The minimum Gasteiger partial charge on any atom is -0.493 e. The number of aryl methyl sites for hydroxylation is 2. The van der Waals surface area contributed by atoms with Gasteiger partial charge >= 0.3 is 0 Å². The van der Waals surface area contributed by atoms with E-state index in [0.717, 1.165) is 9.87 Å². The van der Waals surface area contributed by atoms with Crippen LogP contribution in [0.5, 0.6) is 11.5 Å². The number of carbonyl (C=O) groups excluding carboxylic acids is 1. The van der Waals surface area contributed by atoms with Crippen molar-refractivity contribution in [1.29, 1.82) is 0 Å². The fourth-order valence-corrected chi connectivity index (χ4v) is 4.58. The van der Waals surface area contributed by atoms with Crippen LogP contribution in [0.2, 0.25) is 5.02 Å². The van der Waals surface area contributed by atoms with Crippen molar-refractivity contribution in [3.8, 4) is 11.5 Å². The van der Waals surface area contributed by atoms with Gasteiger partial charge in [0.2, 0.25) is 0 Å². The average Bonchev–Trinajstić information content (AvgIpc) is 2.75. The standard InChI is InChI=1S/C23H22ClNO5S/c1-16-8-9-17(2)20(14-16)25(31(27,28)19-12-10-18(24)11-13-19)23(26)15-30-22-7-5-4-6-21(22)29-3/h4-14H,15H2,1-3H3. The van der Waals surface area contributed by atoms with Crippen LogP contribution in [0.1, 0.15) is 11.1 Å². The molecule has 31 heavy (non-hydrogen) atoms. The predicted molar refractivity (Wildman–Crippen MR) is 121 cm³/mol. The molecule has 0 bridgehead atoms. The SMILES string of the molecule is COc1ccccc1OCC(=O)N(c1cc(C)ccc1C)S(=O)(=O)c1ccc(Cl)cc1. The molecule has 3 rings (SSSR count). The molecule has 0 N–H and O–H groups in total. The van der Waals surface area contributed by atoms with Gasteiger partial charge in [0.15, 0.2) is 18.1 Å². The number of ether oxygens (including phenoxy) is 2. The Balaban J connectivity index is 2.02. The highest BCUT2D eigenvalue weighted by atomic mass is 35.5. The number of benzene rings is 3. The van der Waals surface area contributed by atoms with Gasteiger partial charge in [0.1, 0.15) is 0 Å². The maximum atomic E-state index is 13.5. The van der Waals surface area contributed by atoms with Crippen molar-refractivity contribution < 1.29 is 22.7 Å². The van der Waals surface area contributed by atoms with Crippen LogP contribution in [-0.4, -0.2) is 28.0 Å². The van der Waals surface area contributed by atoms with E-state index in [-0.39, 0.29) is 10.6 Å². The van der Waals surface area contributed by atoms with Crippen LogP contribution in [0.15, 0.2) is 71.6 Å². The third-order valence-electron chi connectivity index (χ3n) is 4.58. The molecule has 8 heteroatoms. The number of hydrogen-bond acceptors (Lipinski definition) is 5. The van der Waals surface area contributed by atoms with Crippen molar-refractivity contribution >= 4 is 33.2 Å². The molecule has 0 fully saturated rings. The summed E-state index contributed by atoms with van der Waals surface area (Å²) < 4.78 is 38.6. The molecule has 162 valence electrons. The molecule has 0 heterocycles. The number of anilines is 1. The minimum absolute atomic E-state index is 0.0524. The molecule has 0 spiro atoms. The predicted octanol–water partition coefficient (Wildman–Crippen LogP) is 4.77. The zero-order chi connectivity index (χ0) is 22.6. The highest BCUT2D eigenvalue weighted by molar-refractivity contribution is 7.93. The molecule has 3 aromatic rings. The van der Waals surface area contributed by atoms with Gasteiger partial charge in [0, 0.05) is 5.02 Å². The smallest absolute Gasteiger partial charge is 0.278 e. The van der Waals surface area contributed by atoms with Gasteiger partial charge in [0.05, 0.1) is 17.7 Å². The van der Waals surface area contributed by atoms with Gasteiger partial charge in [-0.05, 0) is 67.4 Å². The highest BCUT2D eigenvalue weighted by Crippen LogP contribution is 2.30. The summed E-state index contributed by atoms with van der Waals surface area (Å²) in [7, 11) is -2.73. The quantitative estimate of drug-likeness (QED) is 0.509. The number of hydrogen-bond donors (Lipinski definition) is 0. The fourth-order valence-electron chi connectivity index (χ4n) is 2.98. The number of halogens is 1. The number of amides is 1. The Morgan fingerprint density at radius 2 is 1.61 bits per heavy atom. The first-order valence-corrected chi connectivity index (χ1v) is 11.2. The van der Waals surface area contributed by atoms with Gasteiger partial charge in [-0.3, -0.25) is 4.79 Å². The summed E-state index contributed by atoms with van der Waals surface area (Å²) in [5, 5.41) is 0.392. The third-order valence-corrected chi connectivity index (χ3v) is 6.58. The number of nitrogens with zero attached hydrogens (tertiary/aromatic N) is 1. The van der Waals surface area contributed by atoms with Crippen LogP contribution in [0.3, 0.4) is 0 Å². The monoisotopic (exact) mass is 459 g/mol. The second-order valence-corrected chi connectivity index (χ2v) is 9.07. The summed E-state index contributed by atoms with van der Waals surface area (Å²) in [5.74, 6) is 0.0341. The molecular formula is C23H22ClNO5S. The number of sulfonamides is 1. The lowest BCUT2D eigenvalue weighted by Gasteiger charge is -2.25. The molecule has 0 aliphatic rings. The van der Waals surface area contributed by atoms with Gasteiger partial charge in [-0.25, -0.2) is 8.42 Å². The fraction of sp³-hybridized carbons (Fsp3) is 0.174. The molecule has 0 aromatic heterocycles. The zero-order valence-electron chi connectivity index (χ0n) is 17.3. The molecule has 0 unspecified atom stereocenters. The first-order chi connectivity index (χ1) is 14.7. The molecule has 3 aromatic carbocycles. The zero-order valence-corrected chi connectivity index (χ0v) is 18.9. The Labute approximate surface area is 187 Å². The van der Waals surface area contributed by atoms with Gasteiger partial charge in [-0.1, -0.05) is 35.9 Å². The molecule has 0 aliphatic heterocycles. The Morgan fingerprint density at radius 1 is 0.968 bits per heavy atom. The molecule has 0 saturated heterocycles. The van der Waals surface area contributed by atoms with E-state index < -0.39 is 22.5 Å². The molecule has 0 radical (unpaired) electrons. The van der Waals surface area contributed by atoms with Crippen LogP contribution in [0.25, 0.3) is 0 Å². The number of carbonyl (C=O) groups is 1. The van der Waals surface area contributed by atoms with Crippen molar-refractivity contribution in [2.45, 2.75) is 18.7 Å². The topological polar surface area (TPSA) is 72.9 Å². The first-order valence-electron chi connectivity index (χ1n) is 9.41. The van der Waals surface area contributed by atoms with E-state index in [0.29, 0.717) is 22.1 Å². The Hall–Kier alpha value is -3.03. The number of methoxy groups -OCH3 is 1. The summed E-state index contributed by atoms with van der Waals surface area (Å²) in [6.07, 6.45) is 0. The van der Waals surface area contributed by atoms with E-state index in [4.69, 9.17) is 21.1 Å². The van der Waals surface area contributed by atoms with Crippen molar-refractivity contribution in [3.05, 3.63) is 82.9 Å². The van der Waals surface area contributed by atoms with Crippen LogP contribution >= 0.6 is 11.6 Å². The van der Waals surface area contributed by atoms with Crippen molar-refractivity contribution in [2.75, 3.05) is 18.0 Å². The summed E-state index contributed by atoms with van der Waals surface area (Å²) in [5.41, 5.74) is 1.72. The Morgan fingerprint density at radius 3 is 2.26 bits per heavy atom. The van der Waals surface area contributed by atoms with Crippen LogP contribution < -0.4 is 13.8 Å². The third kappa shape index (κ3) is 5.00. The van der Waals surface area contributed by atoms with E-state index in [1.165, 1.54) is 31.4 Å². The molecule has 0 aliphatic carbocycles. The lowest BCUT2D eigenvalue weighted by molar-refractivity contribution is -0.119. The van der Waals surface area contributed by atoms with Crippen LogP contribution in [0.4, 0.5) is 5.69 Å². The summed E-state index contributed by atoms with van der Waals surface area (Å²) in [4.78, 5) is 13.2. The second kappa shape index (κ2) is 9.41. The van der Waals surface area contributed by atoms with Crippen LogP contribution in [0, 0.1) is 13.8 Å². The van der Waals surface area contributed by atoms with E-state index in [9.17, 15) is 13.2 Å². The number of para-hydroxylation sites is 2. The van der Waals surface area contributed by atoms with E-state index in [1.807, 2.05) is 13.0 Å². The lowest BCUT2D eigenvalue weighted by Crippen LogP contribution is -2.40. The Bertz CT molecular complexity index is 1190. The largest absolute Gasteiger partial charge is 0.493 e. The van der Waals surface area contributed by atoms with E-state index in [1.54, 1.807) is 43.3 Å². The van der Waals surface area contributed by atoms with E-state index >= 15 is 0 Å². The van der Waals surface area contributed by atoms with Crippen molar-refractivity contribution in [3.63, 3.8) is 0 Å². The lowest BCUT2D eigenvalue weighted by atomic mass is 10.1. The molecular weight excluding hydrogens is 438 g/mol. The Kier molecular flexibility index (Phi) is 6.87. The van der Waals surface area contributed by atoms with Gasteiger partial charge < -0.3 is 9.47 Å². The van der Waals surface area contributed by atoms with Gasteiger partial charge in [-0.15, -0.1) is 0 Å². The second-order valence-electron chi connectivity index (χ2n) is 6.85. The average molecular weight is 460 g/mol. The maximum absolute atomic E-state index is 13.5. The molecule has 1 amide bonds. The molecule has 0 saturated carbocycles. The normalized spacial score (nSPS) is 11.1. The summed E-state index contributed by atoms with van der Waals surface area (Å²) in [6, 6.07) is 17.8. The molecule has 6 nitrogen and oxygen atoms in total. The van der Waals surface area contributed by atoms with Gasteiger partial charge in [-0.2, -0.15) is 4.31 Å². The van der Waals surface area contributed by atoms with Gasteiger partial charge in [0.25, 0.3) is 15.9 Å². The van der Waals surface area contributed by atoms with Crippen molar-refractivity contribution in [2.24, 2.45) is 0 Å². The minimum atomic E-state index is -4.22.